The topological polar surface area (TPSA) is 109 Å². The lowest BCUT2D eigenvalue weighted by molar-refractivity contribution is 0.122. The smallest absolute Gasteiger partial charge is 0.264 e. The van der Waals surface area contributed by atoms with Crippen LogP contribution in [0, 0.1) is 6.92 Å². The third-order valence-corrected chi connectivity index (χ3v) is 5.15. The zero-order valence-corrected chi connectivity index (χ0v) is 15.6. The van der Waals surface area contributed by atoms with E-state index in [1.54, 1.807) is 24.3 Å². The van der Waals surface area contributed by atoms with Gasteiger partial charge in [-0.3, -0.25) is 0 Å². The van der Waals surface area contributed by atoms with Gasteiger partial charge in [-0.05, 0) is 26.0 Å². The number of sulfonamides is 1. The number of aromatic nitrogens is 3. The summed E-state index contributed by atoms with van der Waals surface area (Å²) in [4.78, 5) is 14.9. The summed E-state index contributed by atoms with van der Waals surface area (Å²) in [7, 11) is -3.78. The molecule has 1 aromatic heterocycles. The number of nitrogens with zero attached hydrogens (tertiary/aromatic N) is 4. The Hall–Kier alpha value is -2.46. The molecule has 0 aliphatic carbocycles. The second kappa shape index (κ2) is 7.83. The fourth-order valence-corrected chi connectivity index (χ4v) is 3.39. The average molecular weight is 378 g/mol. The molecular weight excluding hydrogens is 356 g/mol. The molecule has 1 saturated heterocycles. The Labute approximate surface area is 152 Å². The van der Waals surface area contributed by atoms with Crippen LogP contribution in [0.25, 0.3) is 0 Å². The highest BCUT2D eigenvalue weighted by molar-refractivity contribution is 7.92. The molecule has 3 rings (SSSR count). The summed E-state index contributed by atoms with van der Waals surface area (Å²) in [5.74, 6) is 0.726. The molecule has 0 atom stereocenters. The van der Waals surface area contributed by atoms with Gasteiger partial charge >= 0.3 is 0 Å². The van der Waals surface area contributed by atoms with Crippen molar-refractivity contribution in [1.82, 2.24) is 15.0 Å². The Kier molecular flexibility index (Phi) is 5.52. The van der Waals surface area contributed by atoms with E-state index in [2.05, 4.69) is 25.0 Å². The van der Waals surface area contributed by atoms with Gasteiger partial charge in [0.15, 0.2) is 0 Å². The lowest BCUT2D eigenvalue weighted by atomic mass is 10.2. The molecule has 140 valence electrons. The van der Waals surface area contributed by atoms with Crippen LogP contribution >= 0.6 is 0 Å². The molecule has 0 spiro atoms. The van der Waals surface area contributed by atoms with Crippen LogP contribution in [0.5, 0.6) is 0 Å². The van der Waals surface area contributed by atoms with Crippen molar-refractivity contribution in [3.05, 3.63) is 29.8 Å². The van der Waals surface area contributed by atoms with Gasteiger partial charge in [0.05, 0.1) is 18.1 Å². The zero-order chi connectivity index (χ0) is 18.6. The van der Waals surface area contributed by atoms with E-state index in [4.69, 9.17) is 4.74 Å². The largest absolute Gasteiger partial charge is 0.378 e. The molecule has 26 heavy (non-hydrogen) atoms. The van der Waals surface area contributed by atoms with E-state index < -0.39 is 10.0 Å². The Morgan fingerprint density at radius 3 is 2.38 bits per heavy atom. The number of benzene rings is 1. The number of ether oxygens (including phenoxy) is 1. The van der Waals surface area contributed by atoms with E-state index in [1.165, 1.54) is 0 Å². The van der Waals surface area contributed by atoms with E-state index in [0.29, 0.717) is 44.7 Å². The third-order valence-electron chi connectivity index (χ3n) is 3.81. The summed E-state index contributed by atoms with van der Waals surface area (Å²) >= 11 is 0. The van der Waals surface area contributed by atoms with Crippen molar-refractivity contribution < 1.29 is 13.2 Å². The Balaban J connectivity index is 1.90. The quantitative estimate of drug-likeness (QED) is 0.773. The van der Waals surface area contributed by atoms with Crippen LogP contribution < -0.4 is 14.9 Å². The molecule has 1 fully saturated rings. The van der Waals surface area contributed by atoms with Gasteiger partial charge in [-0.1, -0.05) is 17.7 Å². The lowest BCUT2D eigenvalue weighted by Crippen LogP contribution is -2.37. The van der Waals surface area contributed by atoms with Crippen molar-refractivity contribution in [1.29, 1.82) is 0 Å². The molecule has 0 unspecified atom stereocenters. The first-order valence-electron chi connectivity index (χ1n) is 8.40. The molecule has 2 heterocycles. The van der Waals surface area contributed by atoms with Crippen LogP contribution in [0.2, 0.25) is 0 Å². The third kappa shape index (κ3) is 4.38. The lowest BCUT2D eigenvalue weighted by Gasteiger charge is -2.27. The second-order valence-electron chi connectivity index (χ2n) is 5.83. The number of rotatable bonds is 6. The van der Waals surface area contributed by atoms with Crippen LogP contribution in [0.1, 0.15) is 12.5 Å². The van der Waals surface area contributed by atoms with Gasteiger partial charge in [-0.25, -0.2) is 13.1 Å². The minimum Gasteiger partial charge on any atom is -0.378 e. The number of morpholine rings is 1. The van der Waals surface area contributed by atoms with Crippen molar-refractivity contribution in [2.45, 2.75) is 18.7 Å². The van der Waals surface area contributed by atoms with Crippen molar-refractivity contribution in [3.63, 3.8) is 0 Å². The maximum atomic E-state index is 12.6. The van der Waals surface area contributed by atoms with Crippen LogP contribution in [-0.4, -0.2) is 56.2 Å². The molecule has 0 bridgehead atoms. The predicted molar refractivity (Wildman–Crippen MR) is 99.0 cm³/mol. The van der Waals surface area contributed by atoms with E-state index in [-0.39, 0.29) is 10.8 Å². The SMILES string of the molecule is CCNc1nc(NS(=O)(=O)c2ccc(C)cc2)nc(N2CCOCC2)n1. The van der Waals surface area contributed by atoms with Gasteiger partial charge in [0.25, 0.3) is 10.0 Å². The van der Waals surface area contributed by atoms with Gasteiger partial charge in [-0.15, -0.1) is 0 Å². The maximum Gasteiger partial charge on any atom is 0.264 e. The number of hydrogen-bond donors (Lipinski definition) is 2. The molecule has 2 aromatic rings. The number of anilines is 3. The first-order valence-corrected chi connectivity index (χ1v) is 9.88. The zero-order valence-electron chi connectivity index (χ0n) is 14.8. The predicted octanol–water partition coefficient (Wildman–Crippen LogP) is 1.25. The van der Waals surface area contributed by atoms with Gasteiger partial charge < -0.3 is 15.0 Å². The highest BCUT2D eigenvalue weighted by Crippen LogP contribution is 2.18. The molecule has 0 radical (unpaired) electrons. The summed E-state index contributed by atoms with van der Waals surface area (Å²) in [5, 5.41) is 3.01. The minimum absolute atomic E-state index is 0.0157. The fourth-order valence-electron chi connectivity index (χ4n) is 2.45. The Morgan fingerprint density at radius 2 is 1.73 bits per heavy atom. The second-order valence-corrected chi connectivity index (χ2v) is 7.51. The number of aryl methyl sites for hydroxylation is 1. The van der Waals surface area contributed by atoms with Gasteiger partial charge in [-0.2, -0.15) is 15.0 Å². The molecular formula is C16H22N6O3S. The fraction of sp³-hybridized carbons (Fsp3) is 0.438. The van der Waals surface area contributed by atoms with Crippen molar-refractivity contribution in [2.24, 2.45) is 0 Å². The molecule has 1 aromatic carbocycles. The van der Waals surface area contributed by atoms with Gasteiger partial charge in [0, 0.05) is 19.6 Å². The Bertz CT molecular complexity index is 851. The standard InChI is InChI=1S/C16H22N6O3S/c1-3-17-14-18-15(20-16(19-14)22-8-10-25-11-9-22)21-26(23,24)13-6-4-12(2)5-7-13/h4-7H,3,8-11H2,1-2H3,(H2,17,18,19,20,21). The summed E-state index contributed by atoms with van der Waals surface area (Å²) in [6.45, 7) is 6.84. The summed E-state index contributed by atoms with van der Waals surface area (Å²) in [6, 6.07) is 6.58. The first-order chi connectivity index (χ1) is 12.5. The normalized spacial score (nSPS) is 14.9. The number of nitrogens with one attached hydrogen (secondary N) is 2. The molecule has 1 aliphatic rings. The molecule has 0 saturated carbocycles. The maximum absolute atomic E-state index is 12.6. The summed E-state index contributed by atoms with van der Waals surface area (Å²) in [6.07, 6.45) is 0. The minimum atomic E-state index is -3.78. The van der Waals surface area contributed by atoms with Gasteiger partial charge in [0.2, 0.25) is 17.8 Å². The Morgan fingerprint density at radius 1 is 1.08 bits per heavy atom. The van der Waals surface area contributed by atoms with Crippen LogP contribution in [0.3, 0.4) is 0 Å². The average Bonchev–Trinajstić information content (AvgIpc) is 2.62. The molecule has 2 N–H and O–H groups in total. The van der Waals surface area contributed by atoms with Crippen molar-refractivity contribution in [2.75, 3.05) is 47.8 Å². The highest BCUT2D eigenvalue weighted by atomic mass is 32.2. The number of hydrogen-bond acceptors (Lipinski definition) is 8. The molecule has 10 heteroatoms. The van der Waals surface area contributed by atoms with E-state index >= 15 is 0 Å². The van der Waals surface area contributed by atoms with E-state index in [9.17, 15) is 8.42 Å². The summed E-state index contributed by atoms with van der Waals surface area (Å²) < 4.78 is 33.0. The molecule has 1 aliphatic heterocycles. The highest BCUT2D eigenvalue weighted by Gasteiger charge is 2.20. The van der Waals surface area contributed by atoms with E-state index in [0.717, 1.165) is 5.56 Å². The summed E-state index contributed by atoms with van der Waals surface area (Å²) in [5.41, 5.74) is 0.980. The van der Waals surface area contributed by atoms with Crippen LogP contribution in [0.15, 0.2) is 29.2 Å². The molecule has 0 amide bonds. The molecule has 9 nitrogen and oxygen atoms in total. The van der Waals surface area contributed by atoms with Crippen molar-refractivity contribution >= 4 is 27.9 Å². The van der Waals surface area contributed by atoms with Crippen molar-refractivity contribution in [3.8, 4) is 0 Å². The van der Waals surface area contributed by atoms with Crippen LogP contribution in [0.4, 0.5) is 17.8 Å². The van der Waals surface area contributed by atoms with Crippen LogP contribution in [-0.2, 0) is 14.8 Å². The first kappa shape index (κ1) is 18.3. The van der Waals surface area contributed by atoms with E-state index in [1.807, 2.05) is 18.7 Å². The van der Waals surface area contributed by atoms with Gasteiger partial charge in [0.1, 0.15) is 0 Å². The monoisotopic (exact) mass is 378 g/mol.